The van der Waals surface area contributed by atoms with Crippen LogP contribution in [0, 0.1) is 6.92 Å². The summed E-state index contributed by atoms with van der Waals surface area (Å²) in [6, 6.07) is 16.3. The molecule has 1 aliphatic heterocycles. The van der Waals surface area contributed by atoms with Crippen LogP contribution in [0.15, 0.2) is 48.5 Å². The number of anilines is 1. The van der Waals surface area contributed by atoms with Gasteiger partial charge in [0.25, 0.3) is 0 Å². The molecule has 2 aromatic carbocycles. The monoisotopic (exact) mass is 342 g/mol. The number of amides is 1. The molecule has 1 amide bonds. The van der Waals surface area contributed by atoms with Gasteiger partial charge < -0.3 is 9.80 Å². The van der Waals surface area contributed by atoms with E-state index in [1.54, 1.807) is 0 Å². The molecule has 0 aromatic heterocycles. The molecule has 1 saturated heterocycles. The van der Waals surface area contributed by atoms with Crippen LogP contribution in [0.5, 0.6) is 0 Å². The molecule has 3 rings (SSSR count). The van der Waals surface area contributed by atoms with Crippen LogP contribution in [0.25, 0.3) is 0 Å². The number of hydrogen-bond donors (Lipinski definition) is 0. The summed E-state index contributed by atoms with van der Waals surface area (Å²) in [4.78, 5) is 16.8. The summed E-state index contributed by atoms with van der Waals surface area (Å²) in [5.41, 5.74) is 3.68. The van der Waals surface area contributed by atoms with Gasteiger partial charge in [-0.2, -0.15) is 0 Å². The number of carbonyl (C=O) groups excluding carboxylic acids is 1. The van der Waals surface area contributed by atoms with Gasteiger partial charge in [-0.1, -0.05) is 35.9 Å². The minimum atomic E-state index is 0.244. The molecule has 1 aliphatic rings. The van der Waals surface area contributed by atoms with Gasteiger partial charge >= 0.3 is 0 Å². The second-order valence-corrected chi connectivity index (χ2v) is 6.77. The van der Waals surface area contributed by atoms with Crippen molar-refractivity contribution in [1.82, 2.24) is 4.90 Å². The first-order chi connectivity index (χ1) is 11.6. The molecule has 24 heavy (non-hydrogen) atoms. The van der Waals surface area contributed by atoms with Crippen molar-refractivity contribution >= 4 is 23.2 Å². The van der Waals surface area contributed by atoms with E-state index >= 15 is 0 Å². The third-order valence-corrected chi connectivity index (χ3v) is 4.79. The van der Waals surface area contributed by atoms with E-state index < -0.39 is 0 Å². The quantitative estimate of drug-likeness (QED) is 0.840. The fourth-order valence-corrected chi connectivity index (χ4v) is 3.23. The van der Waals surface area contributed by atoms with Crippen LogP contribution in [-0.2, 0) is 11.2 Å². The molecule has 1 heterocycles. The van der Waals surface area contributed by atoms with Crippen molar-refractivity contribution in [2.24, 2.45) is 0 Å². The van der Waals surface area contributed by atoms with E-state index in [9.17, 15) is 4.79 Å². The summed E-state index contributed by atoms with van der Waals surface area (Å²) >= 11 is 5.89. The Labute approximate surface area is 148 Å². The average Bonchev–Trinajstić information content (AvgIpc) is 2.61. The number of carbonyl (C=O) groups is 1. The number of hydrogen-bond acceptors (Lipinski definition) is 2. The minimum absolute atomic E-state index is 0.244. The van der Waals surface area contributed by atoms with Gasteiger partial charge in [0.1, 0.15) is 0 Å². The fourth-order valence-electron chi connectivity index (χ4n) is 3.10. The van der Waals surface area contributed by atoms with Crippen LogP contribution < -0.4 is 4.90 Å². The lowest BCUT2D eigenvalue weighted by Crippen LogP contribution is -2.48. The smallest absolute Gasteiger partial charge is 0.223 e. The molecule has 0 atom stereocenters. The molecule has 0 radical (unpaired) electrons. The first-order valence-electron chi connectivity index (χ1n) is 8.46. The highest BCUT2D eigenvalue weighted by Crippen LogP contribution is 2.18. The van der Waals surface area contributed by atoms with E-state index in [-0.39, 0.29) is 5.91 Å². The lowest BCUT2D eigenvalue weighted by molar-refractivity contribution is -0.131. The zero-order chi connectivity index (χ0) is 16.9. The summed E-state index contributed by atoms with van der Waals surface area (Å²) in [7, 11) is 0. The van der Waals surface area contributed by atoms with Crippen molar-refractivity contribution < 1.29 is 4.79 Å². The SMILES string of the molecule is Cc1cccc(N2CCN(C(=O)CCc3ccc(Cl)cc3)CC2)c1. The molecular weight excluding hydrogens is 320 g/mol. The number of piperazine rings is 1. The standard InChI is InChI=1S/C20H23ClN2O/c1-16-3-2-4-19(15-16)22-11-13-23(14-12-22)20(24)10-7-17-5-8-18(21)9-6-17/h2-6,8-9,15H,7,10-14H2,1H3. The fraction of sp³-hybridized carbons (Fsp3) is 0.350. The van der Waals surface area contributed by atoms with Crippen molar-refractivity contribution in [3.8, 4) is 0 Å². The largest absolute Gasteiger partial charge is 0.368 e. The second kappa shape index (κ2) is 7.71. The zero-order valence-electron chi connectivity index (χ0n) is 14.0. The van der Waals surface area contributed by atoms with E-state index in [1.165, 1.54) is 11.3 Å². The molecule has 0 unspecified atom stereocenters. The lowest BCUT2D eigenvalue weighted by atomic mass is 10.1. The normalized spacial score (nSPS) is 14.8. The predicted octanol–water partition coefficient (Wildman–Crippen LogP) is 3.93. The van der Waals surface area contributed by atoms with Crippen LogP contribution in [0.4, 0.5) is 5.69 Å². The van der Waals surface area contributed by atoms with Crippen molar-refractivity contribution in [3.63, 3.8) is 0 Å². The molecule has 0 aliphatic carbocycles. The number of nitrogens with zero attached hydrogens (tertiary/aromatic N) is 2. The van der Waals surface area contributed by atoms with Crippen molar-refractivity contribution in [3.05, 3.63) is 64.7 Å². The van der Waals surface area contributed by atoms with E-state index in [4.69, 9.17) is 11.6 Å². The highest BCUT2D eigenvalue weighted by atomic mass is 35.5. The molecule has 0 saturated carbocycles. The van der Waals surface area contributed by atoms with Crippen LogP contribution in [0.2, 0.25) is 5.02 Å². The van der Waals surface area contributed by atoms with E-state index in [2.05, 4.69) is 36.1 Å². The zero-order valence-corrected chi connectivity index (χ0v) is 14.8. The van der Waals surface area contributed by atoms with E-state index in [1.807, 2.05) is 29.2 Å². The molecule has 1 fully saturated rings. The number of aryl methyl sites for hydroxylation is 2. The summed E-state index contributed by atoms with van der Waals surface area (Å²) in [5, 5.41) is 0.734. The van der Waals surface area contributed by atoms with Gasteiger partial charge in [0.05, 0.1) is 0 Å². The summed E-state index contributed by atoms with van der Waals surface area (Å²) in [5.74, 6) is 0.244. The highest BCUT2D eigenvalue weighted by Gasteiger charge is 2.21. The minimum Gasteiger partial charge on any atom is -0.368 e. The van der Waals surface area contributed by atoms with Crippen LogP contribution in [0.3, 0.4) is 0 Å². The highest BCUT2D eigenvalue weighted by molar-refractivity contribution is 6.30. The first kappa shape index (κ1) is 16.8. The third-order valence-electron chi connectivity index (χ3n) is 4.54. The Balaban J connectivity index is 1.49. The van der Waals surface area contributed by atoms with Crippen molar-refractivity contribution in [2.45, 2.75) is 19.8 Å². The predicted molar refractivity (Wildman–Crippen MR) is 99.7 cm³/mol. The van der Waals surface area contributed by atoms with Gasteiger partial charge in [0, 0.05) is 43.3 Å². The van der Waals surface area contributed by atoms with Crippen LogP contribution in [0.1, 0.15) is 17.5 Å². The average molecular weight is 343 g/mol. The molecule has 4 heteroatoms. The summed E-state index contributed by atoms with van der Waals surface area (Å²) < 4.78 is 0. The van der Waals surface area contributed by atoms with Crippen LogP contribution >= 0.6 is 11.6 Å². The maximum Gasteiger partial charge on any atom is 0.223 e. The molecule has 3 nitrogen and oxygen atoms in total. The van der Waals surface area contributed by atoms with Gasteiger partial charge in [-0.3, -0.25) is 4.79 Å². The Kier molecular flexibility index (Phi) is 5.41. The van der Waals surface area contributed by atoms with Crippen molar-refractivity contribution in [1.29, 1.82) is 0 Å². The van der Waals surface area contributed by atoms with E-state index in [0.29, 0.717) is 6.42 Å². The van der Waals surface area contributed by atoms with E-state index in [0.717, 1.165) is 43.2 Å². The second-order valence-electron chi connectivity index (χ2n) is 6.33. The molecule has 0 spiro atoms. The lowest BCUT2D eigenvalue weighted by Gasteiger charge is -2.36. The Hall–Kier alpha value is -2.00. The maximum atomic E-state index is 12.4. The Morgan fingerprint density at radius 3 is 2.42 bits per heavy atom. The van der Waals surface area contributed by atoms with Gasteiger partial charge in [-0.25, -0.2) is 0 Å². The topological polar surface area (TPSA) is 23.6 Å². The molecule has 126 valence electrons. The van der Waals surface area contributed by atoms with Crippen molar-refractivity contribution in [2.75, 3.05) is 31.1 Å². The Bertz CT molecular complexity index is 691. The third kappa shape index (κ3) is 4.30. The maximum absolute atomic E-state index is 12.4. The van der Waals surface area contributed by atoms with Gasteiger partial charge in [-0.05, 0) is 48.7 Å². The van der Waals surface area contributed by atoms with Gasteiger partial charge in [-0.15, -0.1) is 0 Å². The molecule has 2 aromatic rings. The molecule has 0 N–H and O–H groups in total. The molecular formula is C20H23ClN2O. The number of rotatable bonds is 4. The summed E-state index contributed by atoms with van der Waals surface area (Å²) in [6.07, 6.45) is 1.33. The number of halogens is 1. The first-order valence-corrected chi connectivity index (χ1v) is 8.83. The Morgan fingerprint density at radius 2 is 1.75 bits per heavy atom. The molecule has 0 bridgehead atoms. The Morgan fingerprint density at radius 1 is 1.04 bits per heavy atom. The van der Waals surface area contributed by atoms with Gasteiger partial charge in [0.15, 0.2) is 0 Å². The summed E-state index contributed by atoms with van der Waals surface area (Å²) in [6.45, 7) is 5.51. The van der Waals surface area contributed by atoms with Crippen LogP contribution in [-0.4, -0.2) is 37.0 Å². The van der Waals surface area contributed by atoms with Gasteiger partial charge in [0.2, 0.25) is 5.91 Å². The number of benzene rings is 2.